The van der Waals surface area contributed by atoms with Gasteiger partial charge in [0.2, 0.25) is 0 Å². The Labute approximate surface area is 167 Å². The largest absolute Gasteiger partial charge is 0.490 e. The summed E-state index contributed by atoms with van der Waals surface area (Å²) in [4.78, 5) is 29.5. The van der Waals surface area contributed by atoms with E-state index in [2.05, 4.69) is 4.98 Å². The second-order valence-electron chi connectivity index (χ2n) is 7.24. The Balaban J connectivity index is 1.74. The minimum Gasteiger partial charge on any atom is -0.490 e. The number of hydrogen-bond donors (Lipinski definition) is 1. The van der Waals surface area contributed by atoms with Gasteiger partial charge in [-0.2, -0.15) is 0 Å². The third-order valence-electron chi connectivity index (χ3n) is 5.51. The monoisotopic (exact) mass is 396 g/mol. The maximum absolute atomic E-state index is 14.5. The van der Waals surface area contributed by atoms with Crippen LogP contribution in [0.1, 0.15) is 46.6 Å². The van der Waals surface area contributed by atoms with Gasteiger partial charge in [0.05, 0.1) is 18.2 Å². The Morgan fingerprint density at radius 2 is 2.10 bits per heavy atom. The van der Waals surface area contributed by atoms with Crippen LogP contribution in [0.2, 0.25) is 0 Å². The molecule has 0 fully saturated rings. The van der Waals surface area contributed by atoms with Crippen LogP contribution in [0.5, 0.6) is 5.75 Å². The molecule has 150 valence electrons. The summed E-state index contributed by atoms with van der Waals surface area (Å²) in [5.41, 5.74) is 2.43. The first-order valence-electron chi connectivity index (χ1n) is 9.56. The molecule has 0 amide bonds. The molecule has 6 nitrogen and oxygen atoms in total. The number of carbonyl (C=O) groups is 2. The quantitative estimate of drug-likeness (QED) is 0.641. The molecule has 7 heteroatoms. The second-order valence-corrected chi connectivity index (χ2v) is 7.24. The van der Waals surface area contributed by atoms with E-state index in [9.17, 15) is 19.1 Å². The van der Waals surface area contributed by atoms with Crippen LogP contribution < -0.4 is 4.74 Å². The molecule has 1 aromatic carbocycles. The van der Waals surface area contributed by atoms with Gasteiger partial charge in [-0.05, 0) is 49.6 Å². The molecule has 0 saturated carbocycles. The number of benzene rings is 1. The SMILES string of the molecule is CCOc1cccn2c(C(=O)C[C@H]3c4c(F)cccc4C[C@@H]3C(=O)O)c(C)nc12. The summed E-state index contributed by atoms with van der Waals surface area (Å²) < 4.78 is 21.8. The predicted molar refractivity (Wildman–Crippen MR) is 104 cm³/mol. The third-order valence-corrected chi connectivity index (χ3v) is 5.51. The number of imidazole rings is 1. The van der Waals surface area contributed by atoms with Gasteiger partial charge < -0.3 is 9.84 Å². The van der Waals surface area contributed by atoms with Crippen LogP contribution in [-0.4, -0.2) is 32.9 Å². The van der Waals surface area contributed by atoms with Crippen LogP contribution in [0.4, 0.5) is 4.39 Å². The highest BCUT2D eigenvalue weighted by Gasteiger charge is 2.40. The molecule has 2 aromatic heterocycles. The van der Waals surface area contributed by atoms with Gasteiger partial charge >= 0.3 is 5.97 Å². The van der Waals surface area contributed by atoms with Crippen molar-refractivity contribution in [3.8, 4) is 5.75 Å². The molecule has 0 aliphatic heterocycles. The molecule has 0 spiro atoms. The van der Waals surface area contributed by atoms with Crippen LogP contribution in [0.3, 0.4) is 0 Å². The standard InChI is InChI=1S/C22H21FN2O4/c1-3-29-18-8-5-9-25-20(12(2)24-21(18)25)17(26)11-14-15(22(27)28)10-13-6-4-7-16(23)19(13)14/h4-9,14-15H,3,10-11H2,1-2H3,(H,27,28)/t14-,15+/m1/s1. The number of nitrogens with zero attached hydrogens (tertiary/aromatic N) is 2. The molecule has 1 N–H and O–H groups in total. The molecule has 2 heterocycles. The molecule has 0 unspecified atom stereocenters. The lowest BCUT2D eigenvalue weighted by atomic mass is 9.87. The highest BCUT2D eigenvalue weighted by atomic mass is 19.1. The van der Waals surface area contributed by atoms with Crippen molar-refractivity contribution in [1.29, 1.82) is 0 Å². The topological polar surface area (TPSA) is 80.9 Å². The minimum atomic E-state index is -1.02. The van der Waals surface area contributed by atoms with E-state index >= 15 is 0 Å². The smallest absolute Gasteiger partial charge is 0.307 e. The van der Waals surface area contributed by atoms with Crippen molar-refractivity contribution in [2.75, 3.05) is 6.61 Å². The van der Waals surface area contributed by atoms with E-state index in [1.165, 1.54) is 6.07 Å². The van der Waals surface area contributed by atoms with Gasteiger partial charge in [0.25, 0.3) is 0 Å². The third kappa shape index (κ3) is 3.16. The maximum atomic E-state index is 14.5. The highest BCUT2D eigenvalue weighted by Crippen LogP contribution is 2.42. The maximum Gasteiger partial charge on any atom is 0.307 e. The van der Waals surface area contributed by atoms with E-state index in [1.54, 1.807) is 41.8 Å². The van der Waals surface area contributed by atoms with Gasteiger partial charge in [0.1, 0.15) is 11.5 Å². The normalized spacial score (nSPS) is 18.0. The van der Waals surface area contributed by atoms with Crippen LogP contribution in [0.25, 0.3) is 5.65 Å². The number of aliphatic carboxylic acids is 1. The minimum absolute atomic E-state index is 0.0988. The Morgan fingerprint density at radius 1 is 1.31 bits per heavy atom. The van der Waals surface area contributed by atoms with E-state index in [1.807, 2.05) is 6.92 Å². The van der Waals surface area contributed by atoms with Crippen molar-refractivity contribution in [3.63, 3.8) is 0 Å². The Kier molecular flexibility index (Phi) is 4.82. The lowest BCUT2D eigenvalue weighted by molar-refractivity contribution is -0.142. The van der Waals surface area contributed by atoms with Crippen LogP contribution in [0, 0.1) is 18.7 Å². The zero-order valence-corrected chi connectivity index (χ0v) is 16.2. The van der Waals surface area contributed by atoms with Crippen molar-refractivity contribution in [3.05, 3.63) is 64.9 Å². The fourth-order valence-electron chi connectivity index (χ4n) is 4.32. The Morgan fingerprint density at radius 3 is 2.83 bits per heavy atom. The zero-order valence-electron chi connectivity index (χ0n) is 16.2. The molecule has 0 saturated heterocycles. The van der Waals surface area contributed by atoms with Gasteiger partial charge in [-0.3, -0.25) is 14.0 Å². The molecule has 1 aliphatic carbocycles. The van der Waals surface area contributed by atoms with Gasteiger partial charge in [-0.1, -0.05) is 12.1 Å². The molecule has 2 atom stereocenters. The summed E-state index contributed by atoms with van der Waals surface area (Å²) in [6.07, 6.45) is 1.85. The van der Waals surface area contributed by atoms with Crippen molar-refractivity contribution in [2.24, 2.45) is 5.92 Å². The first-order chi connectivity index (χ1) is 13.9. The number of carboxylic acid groups (broad SMARTS) is 1. The number of ketones is 1. The number of Topliss-reactive ketones (excluding diaryl/α,β-unsaturated/α-hetero) is 1. The number of ether oxygens (including phenoxy) is 1. The molecular weight excluding hydrogens is 375 g/mol. The summed E-state index contributed by atoms with van der Waals surface area (Å²) in [6.45, 7) is 4.06. The summed E-state index contributed by atoms with van der Waals surface area (Å²) in [5.74, 6) is -2.72. The van der Waals surface area contributed by atoms with Crippen LogP contribution in [0.15, 0.2) is 36.5 Å². The molecular formula is C22H21FN2O4. The second kappa shape index (κ2) is 7.31. The molecule has 1 aliphatic rings. The van der Waals surface area contributed by atoms with E-state index < -0.39 is 23.6 Å². The average molecular weight is 396 g/mol. The summed E-state index contributed by atoms with van der Waals surface area (Å²) in [6, 6.07) is 8.16. The summed E-state index contributed by atoms with van der Waals surface area (Å²) in [5, 5.41) is 9.64. The molecule has 29 heavy (non-hydrogen) atoms. The van der Waals surface area contributed by atoms with Crippen LogP contribution >= 0.6 is 0 Å². The van der Waals surface area contributed by atoms with Crippen molar-refractivity contribution >= 4 is 17.4 Å². The lowest BCUT2D eigenvalue weighted by Crippen LogP contribution is -2.22. The summed E-state index contributed by atoms with van der Waals surface area (Å²) >= 11 is 0. The van der Waals surface area contributed by atoms with E-state index in [-0.39, 0.29) is 18.6 Å². The fourth-order valence-corrected chi connectivity index (χ4v) is 4.32. The number of carbonyl (C=O) groups excluding carboxylic acids is 1. The average Bonchev–Trinajstić information content (AvgIpc) is 3.21. The highest BCUT2D eigenvalue weighted by molar-refractivity contribution is 5.97. The van der Waals surface area contributed by atoms with E-state index in [0.29, 0.717) is 40.5 Å². The predicted octanol–water partition coefficient (Wildman–Crippen LogP) is 3.79. The van der Waals surface area contributed by atoms with Crippen molar-refractivity contribution in [1.82, 2.24) is 9.38 Å². The van der Waals surface area contributed by atoms with E-state index in [0.717, 1.165) is 0 Å². The van der Waals surface area contributed by atoms with Gasteiger partial charge in [-0.25, -0.2) is 9.37 Å². The number of aryl methyl sites for hydroxylation is 1. The number of hydrogen-bond acceptors (Lipinski definition) is 4. The van der Waals surface area contributed by atoms with Crippen LogP contribution in [-0.2, 0) is 11.2 Å². The lowest BCUT2D eigenvalue weighted by Gasteiger charge is -2.17. The van der Waals surface area contributed by atoms with Gasteiger partial charge in [0, 0.05) is 18.5 Å². The molecule has 0 bridgehead atoms. The first-order valence-corrected chi connectivity index (χ1v) is 9.56. The van der Waals surface area contributed by atoms with Crippen molar-refractivity contribution < 1.29 is 23.8 Å². The number of pyridine rings is 1. The van der Waals surface area contributed by atoms with Gasteiger partial charge in [-0.15, -0.1) is 0 Å². The Hall–Kier alpha value is -3.22. The number of halogens is 1. The fraction of sp³-hybridized carbons (Fsp3) is 0.318. The first kappa shape index (κ1) is 19.1. The number of carboxylic acids is 1. The Bertz CT molecular complexity index is 1120. The van der Waals surface area contributed by atoms with Gasteiger partial charge in [0.15, 0.2) is 17.2 Å². The van der Waals surface area contributed by atoms with E-state index in [4.69, 9.17) is 4.74 Å². The van der Waals surface area contributed by atoms with Crippen molar-refractivity contribution in [2.45, 2.75) is 32.6 Å². The zero-order chi connectivity index (χ0) is 20.7. The number of rotatable bonds is 6. The molecule has 4 rings (SSSR count). The summed E-state index contributed by atoms with van der Waals surface area (Å²) in [7, 11) is 0. The number of aromatic nitrogens is 2. The molecule has 3 aromatic rings. The number of fused-ring (bicyclic) bond motifs is 2. The molecule has 0 radical (unpaired) electrons.